The third-order valence-electron chi connectivity index (χ3n) is 3.43. The smallest absolute Gasteiger partial charge is 0.422 e. The SMILES string of the molecule is COc1ccccc1C(=O)Nc1noc2cccc(OCC(F)(F)F)c12. The first-order valence-electron chi connectivity index (χ1n) is 7.41. The minimum atomic E-state index is -4.50. The van der Waals surface area contributed by atoms with Crippen molar-refractivity contribution < 1.29 is 32.0 Å². The molecule has 1 aromatic heterocycles. The number of hydrogen-bond donors (Lipinski definition) is 1. The van der Waals surface area contributed by atoms with Gasteiger partial charge in [0, 0.05) is 0 Å². The highest BCUT2D eigenvalue weighted by molar-refractivity contribution is 6.10. The minimum Gasteiger partial charge on any atom is -0.496 e. The van der Waals surface area contributed by atoms with Crippen molar-refractivity contribution in [3.05, 3.63) is 48.0 Å². The summed E-state index contributed by atoms with van der Waals surface area (Å²) in [5, 5.41) is 6.36. The predicted octanol–water partition coefficient (Wildman–Crippen LogP) is 4.03. The molecule has 136 valence electrons. The second-order valence-corrected chi connectivity index (χ2v) is 5.22. The molecule has 26 heavy (non-hydrogen) atoms. The van der Waals surface area contributed by atoms with E-state index < -0.39 is 18.7 Å². The summed E-state index contributed by atoms with van der Waals surface area (Å²) in [6.07, 6.45) is -4.50. The molecule has 0 aliphatic rings. The van der Waals surface area contributed by atoms with E-state index in [1.165, 1.54) is 31.4 Å². The molecule has 0 unspecified atom stereocenters. The molecule has 0 bridgehead atoms. The van der Waals surface area contributed by atoms with Crippen molar-refractivity contribution in [3.8, 4) is 11.5 Å². The first-order valence-corrected chi connectivity index (χ1v) is 7.41. The molecule has 0 atom stereocenters. The van der Waals surface area contributed by atoms with E-state index >= 15 is 0 Å². The number of alkyl halides is 3. The molecule has 0 aliphatic carbocycles. The number of para-hydroxylation sites is 1. The molecule has 0 spiro atoms. The fourth-order valence-corrected chi connectivity index (χ4v) is 2.33. The highest BCUT2D eigenvalue weighted by Gasteiger charge is 2.29. The van der Waals surface area contributed by atoms with E-state index in [4.69, 9.17) is 14.0 Å². The van der Waals surface area contributed by atoms with Crippen LogP contribution in [0, 0.1) is 0 Å². The first kappa shape index (κ1) is 17.6. The van der Waals surface area contributed by atoms with Crippen molar-refractivity contribution >= 4 is 22.7 Å². The molecule has 0 saturated carbocycles. The number of anilines is 1. The predicted molar refractivity (Wildman–Crippen MR) is 86.5 cm³/mol. The monoisotopic (exact) mass is 366 g/mol. The fraction of sp³-hybridized carbons (Fsp3) is 0.176. The lowest BCUT2D eigenvalue weighted by Gasteiger charge is -2.11. The summed E-state index contributed by atoms with van der Waals surface area (Å²) in [6, 6.07) is 10.8. The molecule has 2 aromatic carbocycles. The number of ether oxygens (including phenoxy) is 2. The van der Waals surface area contributed by atoms with Crippen molar-refractivity contribution in [2.75, 3.05) is 19.0 Å². The number of halogens is 3. The lowest BCUT2D eigenvalue weighted by molar-refractivity contribution is -0.153. The molecular formula is C17H13F3N2O4. The van der Waals surface area contributed by atoms with Gasteiger partial charge < -0.3 is 19.3 Å². The van der Waals surface area contributed by atoms with E-state index in [0.29, 0.717) is 5.75 Å². The van der Waals surface area contributed by atoms with Crippen LogP contribution in [0.5, 0.6) is 11.5 Å². The number of nitrogens with zero attached hydrogens (tertiary/aromatic N) is 1. The Morgan fingerprint density at radius 2 is 1.88 bits per heavy atom. The number of aromatic nitrogens is 1. The maximum absolute atomic E-state index is 12.5. The zero-order valence-corrected chi connectivity index (χ0v) is 13.5. The van der Waals surface area contributed by atoms with Gasteiger partial charge in [0.1, 0.15) is 16.9 Å². The number of benzene rings is 2. The summed E-state index contributed by atoms with van der Waals surface area (Å²) in [5.74, 6) is -0.361. The van der Waals surface area contributed by atoms with Gasteiger partial charge in [-0.25, -0.2) is 0 Å². The molecular weight excluding hydrogens is 353 g/mol. The molecule has 3 aromatic rings. The van der Waals surface area contributed by atoms with Crippen molar-refractivity contribution in [2.45, 2.75) is 6.18 Å². The van der Waals surface area contributed by atoms with Gasteiger partial charge in [-0.3, -0.25) is 4.79 Å². The van der Waals surface area contributed by atoms with Gasteiger partial charge >= 0.3 is 6.18 Å². The maximum Gasteiger partial charge on any atom is 0.422 e. The Hall–Kier alpha value is -3.23. The second kappa shape index (κ2) is 6.95. The molecule has 0 fully saturated rings. The van der Waals surface area contributed by atoms with Gasteiger partial charge in [0.25, 0.3) is 5.91 Å². The Balaban J connectivity index is 1.92. The molecule has 3 rings (SSSR count). The number of nitrogens with one attached hydrogen (secondary N) is 1. The Morgan fingerprint density at radius 1 is 1.15 bits per heavy atom. The van der Waals surface area contributed by atoms with Crippen molar-refractivity contribution in [1.29, 1.82) is 0 Å². The van der Waals surface area contributed by atoms with E-state index in [1.54, 1.807) is 18.2 Å². The van der Waals surface area contributed by atoms with E-state index in [0.717, 1.165) is 0 Å². The van der Waals surface area contributed by atoms with Crippen molar-refractivity contribution in [2.24, 2.45) is 0 Å². The normalized spacial score (nSPS) is 11.4. The van der Waals surface area contributed by atoms with Crippen LogP contribution in [0.25, 0.3) is 11.0 Å². The van der Waals surface area contributed by atoms with Crippen LogP contribution in [0.4, 0.5) is 19.0 Å². The molecule has 6 nitrogen and oxygen atoms in total. The van der Waals surface area contributed by atoms with Crippen LogP contribution < -0.4 is 14.8 Å². The second-order valence-electron chi connectivity index (χ2n) is 5.22. The van der Waals surface area contributed by atoms with E-state index in [-0.39, 0.29) is 28.1 Å². The van der Waals surface area contributed by atoms with E-state index in [1.807, 2.05) is 0 Å². The zero-order chi connectivity index (χ0) is 18.7. The average molecular weight is 366 g/mol. The topological polar surface area (TPSA) is 73.6 Å². The minimum absolute atomic E-state index is 0.0475. The summed E-state index contributed by atoms with van der Waals surface area (Å²) < 4.78 is 52.3. The molecule has 1 amide bonds. The Kier molecular flexibility index (Phi) is 4.70. The number of carbonyl (C=O) groups excluding carboxylic acids is 1. The van der Waals surface area contributed by atoms with E-state index in [9.17, 15) is 18.0 Å². The number of rotatable bonds is 5. The number of fused-ring (bicyclic) bond motifs is 1. The number of methoxy groups -OCH3 is 1. The van der Waals surface area contributed by atoms with Gasteiger partial charge in [-0.1, -0.05) is 23.4 Å². The molecule has 0 radical (unpaired) electrons. The van der Waals surface area contributed by atoms with Crippen LogP contribution in [-0.2, 0) is 0 Å². The Bertz CT molecular complexity index is 937. The van der Waals surface area contributed by atoms with Gasteiger partial charge in [0.15, 0.2) is 18.0 Å². The van der Waals surface area contributed by atoms with Crippen molar-refractivity contribution in [1.82, 2.24) is 5.16 Å². The molecule has 0 saturated heterocycles. The van der Waals surface area contributed by atoms with E-state index in [2.05, 4.69) is 10.5 Å². The molecule has 1 N–H and O–H groups in total. The van der Waals surface area contributed by atoms with Crippen LogP contribution in [0.1, 0.15) is 10.4 Å². The van der Waals surface area contributed by atoms with Gasteiger partial charge in [0.2, 0.25) is 0 Å². The fourth-order valence-electron chi connectivity index (χ4n) is 2.33. The average Bonchev–Trinajstić information content (AvgIpc) is 3.02. The third-order valence-corrected chi connectivity index (χ3v) is 3.43. The summed E-state index contributed by atoms with van der Waals surface area (Å²) in [4.78, 5) is 12.5. The number of hydrogen-bond acceptors (Lipinski definition) is 5. The highest BCUT2D eigenvalue weighted by Crippen LogP contribution is 2.33. The van der Waals surface area contributed by atoms with Gasteiger partial charge in [-0.2, -0.15) is 13.2 Å². The maximum atomic E-state index is 12.5. The summed E-state index contributed by atoms with van der Waals surface area (Å²) in [5.41, 5.74) is 0.417. The van der Waals surface area contributed by atoms with Crippen LogP contribution in [0.2, 0.25) is 0 Å². The summed E-state index contributed by atoms with van der Waals surface area (Å²) in [6.45, 7) is -1.48. The molecule has 1 heterocycles. The Morgan fingerprint density at radius 3 is 2.62 bits per heavy atom. The number of amides is 1. The first-order chi connectivity index (χ1) is 12.4. The summed E-state index contributed by atoms with van der Waals surface area (Å²) >= 11 is 0. The van der Waals surface area contributed by atoms with Crippen LogP contribution in [0.3, 0.4) is 0 Å². The Labute approximate surface area is 145 Å². The van der Waals surface area contributed by atoms with Gasteiger partial charge in [0.05, 0.1) is 12.7 Å². The quantitative estimate of drug-likeness (QED) is 0.738. The third kappa shape index (κ3) is 3.71. The van der Waals surface area contributed by atoms with Gasteiger partial charge in [-0.15, -0.1) is 0 Å². The van der Waals surface area contributed by atoms with Crippen molar-refractivity contribution in [3.63, 3.8) is 0 Å². The zero-order valence-electron chi connectivity index (χ0n) is 13.5. The van der Waals surface area contributed by atoms with Crippen LogP contribution >= 0.6 is 0 Å². The molecule has 0 aliphatic heterocycles. The largest absolute Gasteiger partial charge is 0.496 e. The lowest BCUT2D eigenvalue weighted by Crippen LogP contribution is -2.19. The molecule has 9 heteroatoms. The van der Waals surface area contributed by atoms with Gasteiger partial charge in [-0.05, 0) is 24.3 Å². The number of carbonyl (C=O) groups is 1. The van der Waals surface area contributed by atoms with Crippen LogP contribution in [0.15, 0.2) is 47.0 Å². The highest BCUT2D eigenvalue weighted by atomic mass is 19.4. The summed E-state index contributed by atoms with van der Waals surface area (Å²) in [7, 11) is 1.42. The van der Waals surface area contributed by atoms with Crippen LogP contribution in [-0.4, -0.2) is 31.0 Å². The lowest BCUT2D eigenvalue weighted by atomic mass is 10.2. The standard InChI is InChI=1S/C17H13F3N2O4/c1-24-11-6-3-2-5-10(11)16(23)21-15-14-12(25-9-17(18,19)20)7-4-8-13(14)26-22-15/h2-8H,9H2,1H3,(H,21,22,23).